The van der Waals surface area contributed by atoms with Crippen LogP contribution >= 0.6 is 0 Å². The molecule has 0 saturated heterocycles. The first-order valence-electron chi connectivity index (χ1n) is 23.8. The Balaban J connectivity index is 0.955. The summed E-state index contributed by atoms with van der Waals surface area (Å²) in [6.45, 7) is 6.59. The Morgan fingerprint density at radius 3 is 2.01 bits per heavy atom. The fourth-order valence-electron chi connectivity index (χ4n) is 11.2. The molecule has 1 heterocycles. The molecule has 3 aliphatic rings. The van der Waals surface area contributed by atoms with E-state index < -0.39 is 22.7 Å². The second kappa shape index (κ2) is 17.8. The third-order valence-corrected chi connectivity index (χ3v) is 14.9. The summed E-state index contributed by atoms with van der Waals surface area (Å²) in [4.78, 5) is 13.4. The Kier molecular flexibility index (Phi) is 11.7. The largest absolute Gasteiger partial charge is 0.497 e. The van der Waals surface area contributed by atoms with Crippen molar-refractivity contribution in [2.75, 3.05) is 19.5 Å². The minimum atomic E-state index is -1.17. The van der Waals surface area contributed by atoms with Gasteiger partial charge in [0.15, 0.2) is 5.60 Å². The zero-order chi connectivity index (χ0) is 46.5. The van der Waals surface area contributed by atoms with E-state index in [2.05, 4.69) is 56.4 Å². The summed E-state index contributed by atoms with van der Waals surface area (Å²) in [6, 6.07) is 40.1. The molecule has 0 aromatic heterocycles. The Morgan fingerprint density at radius 2 is 1.39 bits per heavy atom. The number of anilines is 1. The van der Waals surface area contributed by atoms with Gasteiger partial charge in [-0.1, -0.05) is 113 Å². The van der Waals surface area contributed by atoms with Crippen LogP contribution in [0, 0.1) is 17.6 Å². The average molecular weight is 894 g/mol. The predicted octanol–water partition coefficient (Wildman–Crippen LogP) is 15.6. The van der Waals surface area contributed by atoms with E-state index in [-0.39, 0.29) is 11.3 Å². The summed E-state index contributed by atoms with van der Waals surface area (Å²) in [5, 5.41) is 3.75. The smallest absolute Gasteiger partial charge is 0.255 e. The van der Waals surface area contributed by atoms with Crippen LogP contribution in [-0.4, -0.2) is 20.1 Å². The second-order valence-electron chi connectivity index (χ2n) is 19.2. The zero-order valence-electron chi connectivity index (χ0n) is 39.0. The number of fused-ring (bicyclic) bond motifs is 8. The van der Waals surface area contributed by atoms with Gasteiger partial charge in [0, 0.05) is 39.4 Å². The van der Waals surface area contributed by atoms with E-state index in [0.717, 1.165) is 62.1 Å². The van der Waals surface area contributed by atoms with Crippen LogP contribution in [0.1, 0.15) is 122 Å². The van der Waals surface area contributed by atoms with Gasteiger partial charge in [0.2, 0.25) is 0 Å². The first-order valence-corrected chi connectivity index (χ1v) is 23.8. The van der Waals surface area contributed by atoms with Crippen molar-refractivity contribution in [2.45, 2.75) is 89.1 Å². The van der Waals surface area contributed by atoms with Crippen LogP contribution in [0.25, 0.3) is 39.1 Å². The number of nitrogens with one attached hydrogen (secondary N) is 1. The van der Waals surface area contributed by atoms with E-state index >= 15 is 8.78 Å². The molecule has 0 radical (unpaired) electrons. The lowest BCUT2D eigenvalue weighted by Crippen LogP contribution is -2.35. The van der Waals surface area contributed by atoms with E-state index in [9.17, 15) is 4.79 Å². The van der Waals surface area contributed by atoms with E-state index in [1.807, 2.05) is 97.1 Å². The lowest BCUT2D eigenvalue weighted by molar-refractivity contribution is 0.102. The monoisotopic (exact) mass is 893 g/mol. The molecule has 7 heteroatoms. The first kappa shape index (κ1) is 44.1. The van der Waals surface area contributed by atoms with Crippen molar-refractivity contribution in [3.8, 4) is 39.5 Å². The van der Waals surface area contributed by atoms with Gasteiger partial charge in [-0.25, -0.2) is 8.78 Å². The Hall–Kier alpha value is -6.73. The number of halogens is 2. The van der Waals surface area contributed by atoms with E-state index in [0.29, 0.717) is 39.8 Å². The summed E-state index contributed by atoms with van der Waals surface area (Å²) in [6.07, 6.45) is 14.5. The van der Waals surface area contributed by atoms with Gasteiger partial charge >= 0.3 is 0 Å². The SMILES string of the molecule is CCCCCC1CCC(c2ccc(C(=O)Nc3ccc(-c4ccc5c(c4)-c4c(c6c(c7c(F)cc(F)cc47)OC(c4ccc(OC)cc4)(c4ccc(OC)cc4)C=C6)C5(C)C)cc3)cc2)CC1. The highest BCUT2D eigenvalue weighted by atomic mass is 19.1. The third kappa shape index (κ3) is 7.96. The molecule has 1 fully saturated rings. The maximum atomic E-state index is 16.6. The molecule has 2 aliphatic carbocycles. The van der Waals surface area contributed by atoms with Crippen LogP contribution in [0.5, 0.6) is 17.2 Å². The zero-order valence-corrected chi connectivity index (χ0v) is 39.0. The van der Waals surface area contributed by atoms with E-state index in [1.165, 1.54) is 63.0 Å². The minimum absolute atomic E-state index is 0.145. The average Bonchev–Trinajstić information content (AvgIpc) is 3.60. The predicted molar refractivity (Wildman–Crippen MR) is 267 cm³/mol. The van der Waals surface area contributed by atoms with Crippen molar-refractivity contribution in [3.05, 3.63) is 184 Å². The molecule has 67 heavy (non-hydrogen) atoms. The van der Waals surface area contributed by atoms with Crippen molar-refractivity contribution < 1.29 is 27.8 Å². The molecule has 0 unspecified atom stereocenters. The van der Waals surface area contributed by atoms with Crippen LogP contribution in [-0.2, 0) is 11.0 Å². The number of methoxy groups -OCH3 is 2. The van der Waals surface area contributed by atoms with Crippen LogP contribution < -0.4 is 19.5 Å². The highest BCUT2D eigenvalue weighted by Gasteiger charge is 2.45. The molecule has 1 aliphatic heterocycles. The molecule has 5 nitrogen and oxygen atoms in total. The highest BCUT2D eigenvalue weighted by molar-refractivity contribution is 6.09. The van der Waals surface area contributed by atoms with Gasteiger partial charge in [-0.05, 0) is 149 Å². The van der Waals surface area contributed by atoms with Crippen molar-refractivity contribution in [2.24, 2.45) is 5.92 Å². The maximum Gasteiger partial charge on any atom is 0.255 e. The molecule has 1 saturated carbocycles. The standard InChI is InChI=1S/C60H57F2NO4/c1-6-7-8-9-37-10-12-38(13-11-37)39-14-16-41(17-15-39)58(64)63-46-25-18-40(19-26-46)42-20-31-52-50(34-42)54-51-35-45(61)36-53(62)55(51)57-49(56(54)59(52,2)3)32-33-60(67-57,43-21-27-47(65-4)28-22-43)44-23-29-48(66-5)30-24-44/h14-38H,6-13H2,1-5H3,(H,63,64). The summed E-state index contributed by atoms with van der Waals surface area (Å²) in [7, 11) is 3.24. The number of unbranched alkanes of at least 4 members (excludes halogenated alkanes) is 2. The Labute approximate surface area is 392 Å². The molecule has 1 amide bonds. The quantitative estimate of drug-likeness (QED) is 0.124. The topological polar surface area (TPSA) is 56.8 Å². The number of ether oxygens (including phenoxy) is 3. The number of carbonyl (C=O) groups excluding carboxylic acids is 1. The fourth-order valence-corrected chi connectivity index (χ4v) is 11.2. The van der Waals surface area contributed by atoms with E-state index in [4.69, 9.17) is 14.2 Å². The molecule has 10 rings (SSSR count). The highest BCUT2D eigenvalue weighted by Crippen LogP contribution is 2.59. The molecular weight excluding hydrogens is 837 g/mol. The summed E-state index contributed by atoms with van der Waals surface area (Å²) in [5.74, 6) is 1.66. The Bertz CT molecular complexity index is 2950. The number of carbonyl (C=O) groups is 1. The van der Waals surface area contributed by atoms with Gasteiger partial charge in [0.05, 0.1) is 19.6 Å². The van der Waals surface area contributed by atoms with Crippen molar-refractivity contribution in [1.82, 2.24) is 0 Å². The minimum Gasteiger partial charge on any atom is -0.497 e. The molecule has 0 atom stereocenters. The second-order valence-corrected chi connectivity index (χ2v) is 19.2. The van der Waals surface area contributed by atoms with Crippen LogP contribution in [0.2, 0.25) is 0 Å². The number of benzene rings is 7. The Morgan fingerprint density at radius 1 is 0.746 bits per heavy atom. The fraction of sp³-hybridized carbons (Fsp3) is 0.283. The van der Waals surface area contributed by atoms with Crippen molar-refractivity contribution in [3.63, 3.8) is 0 Å². The number of hydrogen-bond acceptors (Lipinski definition) is 4. The van der Waals surface area contributed by atoms with Crippen LogP contribution in [0.4, 0.5) is 14.5 Å². The van der Waals surface area contributed by atoms with Gasteiger partial charge in [0.25, 0.3) is 5.91 Å². The van der Waals surface area contributed by atoms with Gasteiger partial charge in [-0.15, -0.1) is 0 Å². The number of hydrogen-bond donors (Lipinski definition) is 1. The molecule has 0 bridgehead atoms. The lowest BCUT2D eigenvalue weighted by atomic mass is 9.76. The third-order valence-electron chi connectivity index (χ3n) is 14.9. The maximum absolute atomic E-state index is 16.6. The van der Waals surface area contributed by atoms with Crippen LogP contribution in [0.3, 0.4) is 0 Å². The number of rotatable bonds is 12. The molecule has 0 spiro atoms. The molecule has 7 aromatic rings. The summed E-state index contributed by atoms with van der Waals surface area (Å²) in [5.41, 5.74) is 8.88. The number of amides is 1. The molecular formula is C60H57F2NO4. The molecule has 7 aromatic carbocycles. The van der Waals surface area contributed by atoms with Crippen molar-refractivity contribution in [1.29, 1.82) is 0 Å². The van der Waals surface area contributed by atoms with Gasteiger partial charge in [0.1, 0.15) is 28.9 Å². The van der Waals surface area contributed by atoms with Gasteiger partial charge in [-0.2, -0.15) is 0 Å². The molecule has 1 N–H and O–H groups in total. The van der Waals surface area contributed by atoms with E-state index in [1.54, 1.807) is 14.2 Å². The summed E-state index contributed by atoms with van der Waals surface area (Å²) < 4.78 is 50.4. The summed E-state index contributed by atoms with van der Waals surface area (Å²) >= 11 is 0. The van der Waals surface area contributed by atoms with Crippen LogP contribution in [0.15, 0.2) is 133 Å². The van der Waals surface area contributed by atoms with Gasteiger partial charge < -0.3 is 19.5 Å². The molecule has 340 valence electrons. The normalized spacial score (nSPS) is 17.5. The lowest BCUT2D eigenvalue weighted by Gasteiger charge is -2.38. The van der Waals surface area contributed by atoms with Crippen molar-refractivity contribution >= 4 is 28.4 Å². The van der Waals surface area contributed by atoms with Gasteiger partial charge in [-0.3, -0.25) is 4.79 Å². The first-order chi connectivity index (χ1) is 32.5.